The first-order valence-corrected chi connectivity index (χ1v) is 14.0. The molecule has 0 fully saturated rings. The van der Waals surface area contributed by atoms with Crippen molar-refractivity contribution in [2.75, 3.05) is 0 Å². The molecule has 4 aromatic carbocycles. The largest absolute Gasteiger partial charge is 0.357 e. The summed E-state index contributed by atoms with van der Waals surface area (Å²) < 4.78 is 0. The van der Waals surface area contributed by atoms with Gasteiger partial charge in [-0.1, -0.05) is 102 Å². The van der Waals surface area contributed by atoms with E-state index in [1.165, 1.54) is 0 Å². The van der Waals surface area contributed by atoms with Gasteiger partial charge in [-0.25, -0.2) is 5.01 Å². The number of nitrogens with zero attached hydrogens (tertiary/aromatic N) is 2. The summed E-state index contributed by atoms with van der Waals surface area (Å²) in [6.07, 6.45) is 0.436. The molecule has 1 aliphatic rings. The second-order valence-electron chi connectivity index (χ2n) is 9.54. The normalized spacial score (nSPS) is 14.8. The van der Waals surface area contributed by atoms with Crippen LogP contribution in [-0.4, -0.2) is 20.8 Å². The molecule has 1 aliphatic heterocycles. The van der Waals surface area contributed by atoms with Gasteiger partial charge in [0.1, 0.15) is 0 Å². The van der Waals surface area contributed by atoms with Crippen molar-refractivity contribution in [3.8, 4) is 11.1 Å². The Balaban J connectivity index is 1.49. The van der Waals surface area contributed by atoms with E-state index in [9.17, 15) is 4.79 Å². The van der Waals surface area contributed by atoms with Crippen molar-refractivity contribution in [2.24, 2.45) is 5.10 Å². The molecule has 1 aromatic heterocycles. The number of aromatic amines is 1. The minimum absolute atomic E-state index is 0.227. The van der Waals surface area contributed by atoms with Crippen LogP contribution in [0.1, 0.15) is 29.2 Å². The Hall–Kier alpha value is -3.97. The molecule has 0 saturated heterocycles. The first-order valence-electron chi connectivity index (χ1n) is 12.8. The average Bonchev–Trinajstić information content (AvgIpc) is 3.41. The number of fused-ring (bicyclic) bond motifs is 1. The van der Waals surface area contributed by atoms with Crippen LogP contribution < -0.4 is 10.9 Å². The Bertz CT molecular complexity index is 1810. The molecule has 6 rings (SSSR count). The summed E-state index contributed by atoms with van der Waals surface area (Å²) in [7, 11) is 0. The van der Waals surface area contributed by atoms with E-state index in [1.54, 1.807) is 11.1 Å². The van der Waals surface area contributed by atoms with Crippen molar-refractivity contribution in [1.82, 2.24) is 15.3 Å². The van der Waals surface area contributed by atoms with Crippen molar-refractivity contribution < 1.29 is 0 Å². The van der Waals surface area contributed by atoms with Crippen LogP contribution in [0, 0.1) is 0 Å². The summed E-state index contributed by atoms with van der Waals surface area (Å²) in [6, 6.07) is 32.7. The molecule has 0 bridgehead atoms. The zero-order valence-corrected chi connectivity index (χ0v) is 23.6. The molecule has 1 unspecified atom stereocenters. The molecule has 40 heavy (non-hydrogen) atoms. The Labute approximate surface area is 247 Å². The van der Waals surface area contributed by atoms with Crippen LogP contribution in [0.25, 0.3) is 22.0 Å². The second kappa shape index (κ2) is 11.3. The predicted octanol–water partition coefficient (Wildman–Crippen LogP) is 7.73. The minimum Gasteiger partial charge on any atom is -0.357 e. The summed E-state index contributed by atoms with van der Waals surface area (Å²) in [5.74, 6) is 0. The molecular formula is C32H24Cl2N4OS. The predicted molar refractivity (Wildman–Crippen MR) is 168 cm³/mol. The molecule has 2 N–H and O–H groups in total. The van der Waals surface area contributed by atoms with Crippen LogP contribution in [0.3, 0.4) is 0 Å². The molecule has 5 nitrogen and oxygen atoms in total. The zero-order chi connectivity index (χ0) is 27.6. The van der Waals surface area contributed by atoms with Crippen LogP contribution in [0.2, 0.25) is 10.0 Å². The highest BCUT2D eigenvalue weighted by molar-refractivity contribution is 7.80. The first kappa shape index (κ1) is 26.3. The van der Waals surface area contributed by atoms with Crippen LogP contribution in [0.4, 0.5) is 0 Å². The molecular weight excluding hydrogens is 559 g/mol. The molecule has 0 spiro atoms. The minimum atomic E-state index is -0.294. The van der Waals surface area contributed by atoms with Gasteiger partial charge in [0.15, 0.2) is 5.11 Å². The third kappa shape index (κ3) is 5.13. The molecule has 0 amide bonds. The maximum Gasteiger partial charge on any atom is 0.258 e. The van der Waals surface area contributed by atoms with E-state index in [0.717, 1.165) is 27.6 Å². The number of hydrogen-bond donors (Lipinski definition) is 2. The number of H-pyrrole nitrogens is 1. The van der Waals surface area contributed by atoms with Gasteiger partial charge in [-0.15, -0.1) is 0 Å². The SMILES string of the molecule is O=c1[nH]c2ccc(Cl)cc2c(-c2ccccc2)c1C1=NN(C(=S)NCc2ccccc2)C(c2ccccc2Cl)C1. The van der Waals surface area contributed by atoms with Crippen LogP contribution in [-0.2, 0) is 6.54 Å². The van der Waals surface area contributed by atoms with Gasteiger partial charge in [0.25, 0.3) is 5.56 Å². The highest BCUT2D eigenvalue weighted by Gasteiger charge is 2.35. The number of rotatable bonds is 5. The average molecular weight is 584 g/mol. The summed E-state index contributed by atoms with van der Waals surface area (Å²) in [5, 5.41) is 12.6. The van der Waals surface area contributed by atoms with E-state index >= 15 is 0 Å². The number of aromatic nitrogens is 1. The van der Waals surface area contributed by atoms with E-state index < -0.39 is 0 Å². The lowest BCUT2D eigenvalue weighted by molar-refractivity contribution is 0.364. The van der Waals surface area contributed by atoms with E-state index in [2.05, 4.69) is 10.3 Å². The molecule has 1 atom stereocenters. The highest BCUT2D eigenvalue weighted by Crippen LogP contribution is 2.39. The molecule has 0 radical (unpaired) electrons. The Morgan fingerprint density at radius 1 is 0.925 bits per heavy atom. The molecule has 0 saturated carbocycles. The van der Waals surface area contributed by atoms with E-state index in [4.69, 9.17) is 40.5 Å². The summed E-state index contributed by atoms with van der Waals surface area (Å²) >= 11 is 19.0. The number of hydrazone groups is 1. The maximum atomic E-state index is 13.7. The van der Waals surface area contributed by atoms with Gasteiger partial charge in [0.2, 0.25) is 0 Å². The molecule has 8 heteroatoms. The Morgan fingerprint density at radius 2 is 1.62 bits per heavy atom. The highest BCUT2D eigenvalue weighted by atomic mass is 35.5. The van der Waals surface area contributed by atoms with Crippen LogP contribution in [0.5, 0.6) is 0 Å². The number of hydrogen-bond acceptors (Lipinski definition) is 3. The van der Waals surface area contributed by atoms with E-state index in [1.807, 2.05) is 97.1 Å². The number of benzene rings is 4. The van der Waals surface area contributed by atoms with Crippen molar-refractivity contribution in [3.63, 3.8) is 0 Å². The third-order valence-corrected chi connectivity index (χ3v) is 7.91. The molecule has 2 heterocycles. The van der Waals surface area contributed by atoms with Crippen molar-refractivity contribution in [2.45, 2.75) is 19.0 Å². The smallest absolute Gasteiger partial charge is 0.258 e. The van der Waals surface area contributed by atoms with Crippen molar-refractivity contribution in [3.05, 3.63) is 140 Å². The lowest BCUT2D eigenvalue weighted by Gasteiger charge is -2.25. The molecule has 5 aromatic rings. The zero-order valence-electron chi connectivity index (χ0n) is 21.3. The van der Waals surface area contributed by atoms with Gasteiger partial charge in [-0.2, -0.15) is 5.10 Å². The summed E-state index contributed by atoms with van der Waals surface area (Å²) in [4.78, 5) is 16.8. The van der Waals surface area contributed by atoms with Crippen molar-refractivity contribution >= 4 is 57.1 Å². The molecule has 198 valence electrons. The molecule has 0 aliphatic carbocycles. The van der Waals surface area contributed by atoms with Gasteiger partial charge in [-0.05, 0) is 53.2 Å². The number of halogens is 2. The summed E-state index contributed by atoms with van der Waals surface area (Å²) in [6.45, 7) is 0.542. The summed E-state index contributed by atoms with van der Waals surface area (Å²) in [5.41, 5.74) is 5.25. The van der Waals surface area contributed by atoms with Gasteiger partial charge in [-0.3, -0.25) is 4.79 Å². The standard InChI is InChI=1S/C32H24Cl2N4OS/c33-22-15-16-26-24(17-22)29(21-11-5-2-6-12-21)30(31(39)36-26)27-18-28(23-13-7-8-14-25(23)34)38(37-27)32(40)35-19-20-9-3-1-4-10-20/h1-17,28H,18-19H2,(H,35,40)(H,36,39). The fraction of sp³-hybridized carbons (Fsp3) is 0.0938. The number of thiocarbonyl (C=S) groups is 1. The second-order valence-corrected chi connectivity index (χ2v) is 10.8. The van der Waals surface area contributed by atoms with Crippen LogP contribution in [0.15, 0.2) is 113 Å². The van der Waals surface area contributed by atoms with Gasteiger partial charge in [0.05, 0.1) is 17.3 Å². The lowest BCUT2D eigenvalue weighted by atomic mass is 9.91. The monoisotopic (exact) mass is 582 g/mol. The first-order chi connectivity index (χ1) is 19.5. The Morgan fingerprint density at radius 3 is 2.38 bits per heavy atom. The van der Waals surface area contributed by atoms with Crippen LogP contribution >= 0.6 is 35.4 Å². The topological polar surface area (TPSA) is 60.5 Å². The lowest BCUT2D eigenvalue weighted by Crippen LogP contribution is -2.36. The number of pyridine rings is 1. The fourth-order valence-electron chi connectivity index (χ4n) is 5.14. The fourth-order valence-corrected chi connectivity index (χ4v) is 5.81. The van der Waals surface area contributed by atoms with E-state index in [0.29, 0.717) is 44.9 Å². The van der Waals surface area contributed by atoms with Gasteiger partial charge >= 0.3 is 0 Å². The van der Waals surface area contributed by atoms with Crippen molar-refractivity contribution in [1.29, 1.82) is 0 Å². The Kier molecular flexibility index (Phi) is 7.39. The maximum absolute atomic E-state index is 13.7. The third-order valence-electron chi connectivity index (χ3n) is 7.00. The van der Waals surface area contributed by atoms with Gasteiger partial charge in [0, 0.05) is 39.5 Å². The quantitative estimate of drug-likeness (QED) is 0.208. The van der Waals surface area contributed by atoms with Gasteiger partial charge < -0.3 is 10.3 Å². The van der Waals surface area contributed by atoms with E-state index in [-0.39, 0.29) is 11.6 Å². The number of nitrogens with one attached hydrogen (secondary N) is 2.